The first-order valence-electron chi connectivity index (χ1n) is 10.7. The number of anilines is 2. The van der Waals surface area contributed by atoms with Crippen molar-refractivity contribution in [3.05, 3.63) is 100 Å². The Morgan fingerprint density at radius 1 is 1.03 bits per heavy atom. The highest BCUT2D eigenvalue weighted by Crippen LogP contribution is 2.29. The van der Waals surface area contributed by atoms with Gasteiger partial charge in [-0.2, -0.15) is 0 Å². The van der Waals surface area contributed by atoms with Crippen LogP contribution in [0.4, 0.5) is 17.1 Å². The molecular formula is C26H25N3O4S. The van der Waals surface area contributed by atoms with Crippen molar-refractivity contribution >= 4 is 46.7 Å². The minimum absolute atomic E-state index is 0.0774. The average Bonchev–Trinajstić information content (AvgIpc) is 2.83. The summed E-state index contributed by atoms with van der Waals surface area (Å²) in [5.74, 6) is -0.492. The van der Waals surface area contributed by atoms with E-state index in [0.717, 1.165) is 16.0 Å². The number of aryl methyl sites for hydroxylation is 1. The highest BCUT2D eigenvalue weighted by Gasteiger charge is 2.20. The number of amides is 2. The summed E-state index contributed by atoms with van der Waals surface area (Å²) in [7, 11) is 0. The summed E-state index contributed by atoms with van der Waals surface area (Å²) in [4.78, 5) is 36.6. The molecule has 7 nitrogen and oxygen atoms in total. The molecular weight excluding hydrogens is 450 g/mol. The number of benzene rings is 3. The monoisotopic (exact) mass is 475 g/mol. The fraction of sp³-hybridized carbons (Fsp3) is 0.154. The third-order valence-corrected chi connectivity index (χ3v) is 6.32. The van der Waals surface area contributed by atoms with Crippen LogP contribution in [0.5, 0.6) is 0 Å². The molecule has 0 bridgehead atoms. The van der Waals surface area contributed by atoms with E-state index in [1.807, 2.05) is 55.5 Å². The molecule has 0 aliphatic heterocycles. The summed E-state index contributed by atoms with van der Waals surface area (Å²) >= 11 is 1.37. The van der Waals surface area contributed by atoms with E-state index in [2.05, 4.69) is 10.6 Å². The standard InChI is InChI=1S/C26H25N3O4S/c1-3-24(26(31)28-23-17-21(29(32)33)14-12-18(23)2)34-22-11-7-10-20(16-22)27-25(30)15-13-19-8-5-4-6-9-19/h4-17,24H,3H2,1-2H3,(H,27,30)(H,28,31)/b15-13+. The third-order valence-electron chi connectivity index (χ3n) is 4.96. The predicted octanol–water partition coefficient (Wildman–Crippen LogP) is 6.06. The molecule has 0 aliphatic rings. The lowest BCUT2D eigenvalue weighted by Crippen LogP contribution is -2.25. The highest BCUT2D eigenvalue weighted by atomic mass is 32.2. The zero-order valence-corrected chi connectivity index (χ0v) is 19.7. The van der Waals surface area contributed by atoms with E-state index >= 15 is 0 Å². The van der Waals surface area contributed by atoms with Crippen molar-refractivity contribution in [2.24, 2.45) is 0 Å². The molecule has 8 heteroatoms. The van der Waals surface area contributed by atoms with Crippen LogP contribution in [-0.2, 0) is 9.59 Å². The van der Waals surface area contributed by atoms with Gasteiger partial charge in [-0.3, -0.25) is 19.7 Å². The van der Waals surface area contributed by atoms with Crippen LogP contribution < -0.4 is 10.6 Å². The van der Waals surface area contributed by atoms with Crippen LogP contribution in [0.15, 0.2) is 83.8 Å². The summed E-state index contributed by atoms with van der Waals surface area (Å²) in [5, 5.41) is 16.3. The lowest BCUT2D eigenvalue weighted by atomic mass is 10.1. The zero-order valence-electron chi connectivity index (χ0n) is 18.9. The SMILES string of the molecule is CCC(Sc1cccc(NC(=O)/C=C/c2ccccc2)c1)C(=O)Nc1cc([N+](=O)[O-])ccc1C. The number of hydrogen-bond donors (Lipinski definition) is 2. The number of hydrogen-bond acceptors (Lipinski definition) is 5. The van der Waals surface area contributed by atoms with Gasteiger partial charge in [-0.05, 0) is 48.7 Å². The molecule has 0 spiro atoms. The van der Waals surface area contributed by atoms with E-state index in [1.54, 1.807) is 25.1 Å². The molecule has 0 fully saturated rings. The molecule has 0 heterocycles. The van der Waals surface area contributed by atoms with Crippen molar-refractivity contribution in [3.8, 4) is 0 Å². The normalized spacial score (nSPS) is 11.7. The first-order chi connectivity index (χ1) is 16.4. The topological polar surface area (TPSA) is 101 Å². The van der Waals surface area contributed by atoms with Gasteiger partial charge in [0.25, 0.3) is 5.69 Å². The van der Waals surface area contributed by atoms with Crippen LogP contribution in [0, 0.1) is 17.0 Å². The maximum atomic E-state index is 12.9. The van der Waals surface area contributed by atoms with Crippen LogP contribution in [0.25, 0.3) is 6.08 Å². The van der Waals surface area contributed by atoms with E-state index in [9.17, 15) is 19.7 Å². The Morgan fingerprint density at radius 3 is 2.50 bits per heavy atom. The number of nitrogens with one attached hydrogen (secondary N) is 2. The van der Waals surface area contributed by atoms with Gasteiger partial charge in [0.05, 0.1) is 15.9 Å². The molecule has 0 aromatic heterocycles. The van der Waals surface area contributed by atoms with Gasteiger partial charge in [0.2, 0.25) is 11.8 Å². The van der Waals surface area contributed by atoms with Crippen molar-refractivity contribution in [3.63, 3.8) is 0 Å². The van der Waals surface area contributed by atoms with Gasteiger partial charge in [-0.25, -0.2) is 0 Å². The lowest BCUT2D eigenvalue weighted by Gasteiger charge is -2.16. The molecule has 2 amide bonds. The van der Waals surface area contributed by atoms with Crippen molar-refractivity contribution in [2.45, 2.75) is 30.4 Å². The van der Waals surface area contributed by atoms with Crippen LogP contribution >= 0.6 is 11.8 Å². The molecule has 3 rings (SSSR count). The van der Waals surface area contributed by atoms with E-state index in [0.29, 0.717) is 17.8 Å². The molecule has 3 aromatic carbocycles. The fourth-order valence-electron chi connectivity index (χ4n) is 3.13. The van der Waals surface area contributed by atoms with Gasteiger partial charge in [-0.15, -0.1) is 11.8 Å². The fourth-order valence-corrected chi connectivity index (χ4v) is 4.14. The van der Waals surface area contributed by atoms with Crippen LogP contribution in [0.1, 0.15) is 24.5 Å². The van der Waals surface area contributed by atoms with Crippen LogP contribution in [0.3, 0.4) is 0 Å². The Bertz CT molecular complexity index is 1210. The molecule has 2 N–H and O–H groups in total. The highest BCUT2D eigenvalue weighted by molar-refractivity contribution is 8.00. The molecule has 3 aromatic rings. The second-order valence-corrected chi connectivity index (χ2v) is 8.80. The van der Waals surface area contributed by atoms with Gasteiger partial charge in [0.1, 0.15) is 0 Å². The Balaban J connectivity index is 1.65. The summed E-state index contributed by atoms with van der Waals surface area (Å²) < 4.78 is 0. The van der Waals surface area contributed by atoms with E-state index in [-0.39, 0.29) is 17.5 Å². The lowest BCUT2D eigenvalue weighted by molar-refractivity contribution is -0.384. The van der Waals surface area contributed by atoms with Gasteiger partial charge in [0, 0.05) is 28.8 Å². The Labute approximate surface area is 202 Å². The number of carbonyl (C=O) groups is 2. The van der Waals surface area contributed by atoms with Gasteiger partial charge in [0.15, 0.2) is 0 Å². The third kappa shape index (κ3) is 7.05. The molecule has 0 saturated heterocycles. The first-order valence-corrected chi connectivity index (χ1v) is 11.6. The van der Waals surface area contributed by atoms with Gasteiger partial charge < -0.3 is 10.6 Å². The summed E-state index contributed by atoms with van der Waals surface area (Å²) in [6.07, 6.45) is 3.76. The number of nitrogens with zero attached hydrogens (tertiary/aromatic N) is 1. The van der Waals surface area contributed by atoms with Gasteiger partial charge in [-0.1, -0.05) is 49.4 Å². The quantitative estimate of drug-likeness (QED) is 0.169. The summed E-state index contributed by atoms with van der Waals surface area (Å²) in [6, 6.07) is 21.2. The molecule has 1 unspecified atom stereocenters. The van der Waals surface area contributed by atoms with Crippen molar-refractivity contribution in [2.75, 3.05) is 10.6 Å². The Kier molecular flexibility index (Phi) is 8.59. The number of non-ortho nitro benzene ring substituents is 1. The van der Waals surface area contributed by atoms with Crippen molar-refractivity contribution in [1.82, 2.24) is 0 Å². The maximum absolute atomic E-state index is 12.9. The predicted molar refractivity (Wildman–Crippen MR) is 137 cm³/mol. The molecule has 174 valence electrons. The van der Waals surface area contributed by atoms with Crippen molar-refractivity contribution in [1.29, 1.82) is 0 Å². The van der Waals surface area contributed by atoms with E-state index in [1.165, 1.54) is 30.0 Å². The maximum Gasteiger partial charge on any atom is 0.271 e. The van der Waals surface area contributed by atoms with Crippen LogP contribution in [-0.4, -0.2) is 22.0 Å². The summed E-state index contributed by atoms with van der Waals surface area (Å²) in [6.45, 7) is 3.68. The minimum atomic E-state index is -0.490. The second-order valence-electron chi connectivity index (χ2n) is 7.52. The van der Waals surface area contributed by atoms with Crippen LogP contribution in [0.2, 0.25) is 0 Å². The summed E-state index contributed by atoms with van der Waals surface area (Å²) in [5.41, 5.74) is 2.64. The number of rotatable bonds is 9. The molecule has 34 heavy (non-hydrogen) atoms. The molecule has 0 saturated carbocycles. The first kappa shape index (κ1) is 24.7. The number of nitro benzene ring substituents is 1. The molecule has 1 atom stereocenters. The minimum Gasteiger partial charge on any atom is -0.325 e. The van der Waals surface area contributed by atoms with E-state index < -0.39 is 10.2 Å². The van der Waals surface area contributed by atoms with Gasteiger partial charge >= 0.3 is 0 Å². The largest absolute Gasteiger partial charge is 0.325 e. The zero-order chi connectivity index (χ0) is 24.5. The molecule has 0 radical (unpaired) electrons. The van der Waals surface area contributed by atoms with Crippen molar-refractivity contribution < 1.29 is 14.5 Å². The Hall–Kier alpha value is -3.91. The average molecular weight is 476 g/mol. The smallest absolute Gasteiger partial charge is 0.271 e. The van der Waals surface area contributed by atoms with E-state index in [4.69, 9.17) is 0 Å². The Morgan fingerprint density at radius 2 is 1.79 bits per heavy atom. The number of thioether (sulfide) groups is 1. The number of nitro groups is 1. The second kappa shape index (κ2) is 11.8. The molecule has 0 aliphatic carbocycles. The number of carbonyl (C=O) groups excluding carboxylic acids is 2.